The zero-order valence-corrected chi connectivity index (χ0v) is 15.9. The highest BCUT2D eigenvalue weighted by molar-refractivity contribution is 5.80. The number of carbonyl (C=O) groups excluding carboxylic acids is 1. The fourth-order valence-electron chi connectivity index (χ4n) is 2.96. The molecule has 144 valence electrons. The van der Waals surface area contributed by atoms with Crippen LogP contribution < -0.4 is 10.2 Å². The largest absolute Gasteiger partial charge is 0.469 e. The Balaban J connectivity index is 1.61. The van der Waals surface area contributed by atoms with Gasteiger partial charge in [0.05, 0.1) is 7.11 Å². The zero-order valence-electron chi connectivity index (χ0n) is 15.9. The maximum atomic E-state index is 11.1. The Kier molecular flexibility index (Phi) is 8.65. The molecule has 26 heavy (non-hydrogen) atoms. The standard InChI is InChI=1S/C18H30N6O2/c1-19-17(20-9-6-4-3-5-8-16(25)26-2)23-12-14-24(15-13-23)18-21-10-7-11-22-18/h7,10-11H,3-6,8-9,12-15H2,1-2H3,(H,19,20). The van der Waals surface area contributed by atoms with Gasteiger partial charge in [0.2, 0.25) is 5.95 Å². The summed E-state index contributed by atoms with van der Waals surface area (Å²) in [6.45, 7) is 4.47. The number of hydrogen-bond acceptors (Lipinski definition) is 6. The maximum Gasteiger partial charge on any atom is 0.305 e. The van der Waals surface area contributed by atoms with Crippen LogP contribution in [0.1, 0.15) is 32.1 Å². The number of esters is 1. The van der Waals surface area contributed by atoms with E-state index in [2.05, 4.69) is 34.8 Å². The predicted octanol–water partition coefficient (Wildman–Crippen LogP) is 1.30. The molecule has 0 bridgehead atoms. The molecule has 0 spiro atoms. The van der Waals surface area contributed by atoms with Crippen LogP contribution >= 0.6 is 0 Å². The maximum absolute atomic E-state index is 11.1. The van der Waals surface area contributed by atoms with E-state index in [1.165, 1.54) is 7.11 Å². The van der Waals surface area contributed by atoms with Crippen LogP contribution in [0.3, 0.4) is 0 Å². The number of rotatable bonds is 8. The quantitative estimate of drug-likeness (QED) is 0.323. The van der Waals surface area contributed by atoms with E-state index >= 15 is 0 Å². The molecule has 8 nitrogen and oxygen atoms in total. The molecule has 2 heterocycles. The van der Waals surface area contributed by atoms with Crippen molar-refractivity contribution in [1.82, 2.24) is 20.2 Å². The number of ether oxygens (including phenoxy) is 1. The molecule has 0 aromatic carbocycles. The van der Waals surface area contributed by atoms with Crippen molar-refractivity contribution in [1.29, 1.82) is 0 Å². The van der Waals surface area contributed by atoms with Crippen molar-refractivity contribution < 1.29 is 9.53 Å². The number of unbranched alkanes of at least 4 members (excludes halogenated alkanes) is 3. The fourth-order valence-corrected chi connectivity index (χ4v) is 2.96. The Bertz CT molecular complexity index is 558. The molecular weight excluding hydrogens is 332 g/mol. The van der Waals surface area contributed by atoms with E-state index in [1.807, 2.05) is 13.1 Å². The van der Waals surface area contributed by atoms with Crippen LogP contribution in [0, 0.1) is 0 Å². The van der Waals surface area contributed by atoms with Crippen molar-refractivity contribution >= 4 is 17.9 Å². The van der Waals surface area contributed by atoms with Crippen molar-refractivity contribution in [3.8, 4) is 0 Å². The number of nitrogens with one attached hydrogen (secondary N) is 1. The second kappa shape index (κ2) is 11.3. The average molecular weight is 362 g/mol. The van der Waals surface area contributed by atoms with Crippen molar-refractivity contribution in [2.75, 3.05) is 51.8 Å². The Hall–Kier alpha value is -2.38. The van der Waals surface area contributed by atoms with E-state index in [1.54, 1.807) is 12.4 Å². The summed E-state index contributed by atoms with van der Waals surface area (Å²) in [7, 11) is 3.26. The lowest BCUT2D eigenvalue weighted by Crippen LogP contribution is -2.53. The van der Waals surface area contributed by atoms with Crippen LogP contribution in [0.25, 0.3) is 0 Å². The molecule has 1 saturated heterocycles. The van der Waals surface area contributed by atoms with Crippen LogP contribution in [-0.4, -0.2) is 73.7 Å². The SMILES string of the molecule is CN=C(NCCCCCCC(=O)OC)N1CCN(c2ncccn2)CC1. The van der Waals surface area contributed by atoms with Gasteiger partial charge in [0.15, 0.2) is 5.96 Å². The molecule has 0 unspecified atom stereocenters. The van der Waals surface area contributed by atoms with Gasteiger partial charge in [-0.05, 0) is 18.9 Å². The molecule has 1 N–H and O–H groups in total. The van der Waals surface area contributed by atoms with Gasteiger partial charge in [0, 0.05) is 58.6 Å². The number of aliphatic imine (C=N–C) groups is 1. The Labute approximate surface area is 155 Å². The molecule has 0 radical (unpaired) electrons. The van der Waals surface area contributed by atoms with Crippen LogP contribution in [-0.2, 0) is 9.53 Å². The fraction of sp³-hybridized carbons (Fsp3) is 0.667. The van der Waals surface area contributed by atoms with E-state index in [0.717, 1.165) is 70.3 Å². The first-order valence-corrected chi connectivity index (χ1v) is 9.29. The molecule has 8 heteroatoms. The summed E-state index contributed by atoms with van der Waals surface area (Å²) in [5.41, 5.74) is 0. The van der Waals surface area contributed by atoms with Crippen LogP contribution in [0.15, 0.2) is 23.5 Å². The molecule has 1 aromatic rings. The normalized spacial score (nSPS) is 15.1. The van der Waals surface area contributed by atoms with Gasteiger partial charge in [0.1, 0.15) is 0 Å². The number of piperazine rings is 1. The molecule has 0 aliphatic carbocycles. The van der Waals surface area contributed by atoms with Gasteiger partial charge < -0.3 is 19.9 Å². The number of methoxy groups -OCH3 is 1. The van der Waals surface area contributed by atoms with E-state index in [9.17, 15) is 4.79 Å². The minimum absolute atomic E-state index is 0.122. The van der Waals surface area contributed by atoms with Crippen molar-refractivity contribution in [3.05, 3.63) is 18.5 Å². The van der Waals surface area contributed by atoms with Crippen molar-refractivity contribution in [2.24, 2.45) is 4.99 Å². The zero-order chi connectivity index (χ0) is 18.6. The summed E-state index contributed by atoms with van der Waals surface area (Å²) in [5.74, 6) is 1.62. The second-order valence-corrected chi connectivity index (χ2v) is 6.24. The van der Waals surface area contributed by atoms with E-state index in [0.29, 0.717) is 6.42 Å². The van der Waals surface area contributed by atoms with Crippen LogP contribution in [0.5, 0.6) is 0 Å². The Morgan fingerprint density at radius 1 is 1.15 bits per heavy atom. The summed E-state index contributed by atoms with van der Waals surface area (Å²) in [4.78, 5) is 28.6. The molecule has 0 saturated carbocycles. The smallest absolute Gasteiger partial charge is 0.305 e. The van der Waals surface area contributed by atoms with Gasteiger partial charge >= 0.3 is 5.97 Å². The topological polar surface area (TPSA) is 83.0 Å². The summed E-state index contributed by atoms with van der Waals surface area (Å²) in [6.07, 6.45) is 8.18. The van der Waals surface area contributed by atoms with Gasteiger partial charge in [-0.15, -0.1) is 0 Å². The van der Waals surface area contributed by atoms with Crippen LogP contribution in [0.2, 0.25) is 0 Å². The Morgan fingerprint density at radius 3 is 2.50 bits per heavy atom. The first-order valence-electron chi connectivity index (χ1n) is 9.29. The third-order valence-electron chi connectivity index (χ3n) is 4.44. The highest BCUT2D eigenvalue weighted by Crippen LogP contribution is 2.10. The van der Waals surface area contributed by atoms with Crippen LogP contribution in [0.4, 0.5) is 5.95 Å². The molecular formula is C18H30N6O2. The highest BCUT2D eigenvalue weighted by atomic mass is 16.5. The monoisotopic (exact) mass is 362 g/mol. The minimum atomic E-state index is -0.122. The van der Waals surface area contributed by atoms with E-state index in [4.69, 9.17) is 0 Å². The number of aromatic nitrogens is 2. The number of anilines is 1. The number of nitrogens with zero attached hydrogens (tertiary/aromatic N) is 5. The van der Waals surface area contributed by atoms with Gasteiger partial charge in [-0.25, -0.2) is 9.97 Å². The van der Waals surface area contributed by atoms with Gasteiger partial charge in [0.25, 0.3) is 0 Å². The van der Waals surface area contributed by atoms with Crippen molar-refractivity contribution in [3.63, 3.8) is 0 Å². The second-order valence-electron chi connectivity index (χ2n) is 6.24. The molecule has 2 rings (SSSR count). The van der Waals surface area contributed by atoms with E-state index < -0.39 is 0 Å². The predicted molar refractivity (Wildman–Crippen MR) is 102 cm³/mol. The first kappa shape index (κ1) is 19.9. The van der Waals surface area contributed by atoms with Gasteiger partial charge in [-0.1, -0.05) is 12.8 Å². The highest BCUT2D eigenvalue weighted by Gasteiger charge is 2.20. The molecule has 1 fully saturated rings. The lowest BCUT2D eigenvalue weighted by Gasteiger charge is -2.36. The average Bonchev–Trinajstić information content (AvgIpc) is 2.71. The molecule has 0 amide bonds. The van der Waals surface area contributed by atoms with E-state index in [-0.39, 0.29) is 5.97 Å². The van der Waals surface area contributed by atoms with Gasteiger partial charge in [-0.2, -0.15) is 0 Å². The summed E-state index contributed by atoms with van der Waals surface area (Å²) >= 11 is 0. The molecule has 1 aromatic heterocycles. The summed E-state index contributed by atoms with van der Waals surface area (Å²) < 4.78 is 4.64. The van der Waals surface area contributed by atoms with Crippen molar-refractivity contribution in [2.45, 2.75) is 32.1 Å². The minimum Gasteiger partial charge on any atom is -0.469 e. The lowest BCUT2D eigenvalue weighted by atomic mass is 10.1. The Morgan fingerprint density at radius 2 is 1.85 bits per heavy atom. The molecule has 1 aliphatic heterocycles. The first-order chi connectivity index (χ1) is 12.7. The molecule has 0 atom stereocenters. The number of guanidine groups is 1. The lowest BCUT2D eigenvalue weighted by molar-refractivity contribution is -0.140. The van der Waals surface area contributed by atoms with Gasteiger partial charge in [-0.3, -0.25) is 9.79 Å². The third kappa shape index (κ3) is 6.50. The summed E-state index contributed by atoms with van der Waals surface area (Å²) in [5, 5.41) is 3.44. The third-order valence-corrected chi connectivity index (χ3v) is 4.44. The number of hydrogen-bond donors (Lipinski definition) is 1. The number of carbonyl (C=O) groups is 1. The molecule has 1 aliphatic rings. The summed E-state index contributed by atoms with van der Waals surface area (Å²) in [6, 6.07) is 1.83.